The number of carbonyl (C=O) groups is 2. The zero-order chi connectivity index (χ0) is 16.0. The number of carboxylic acid groups (broad SMARTS) is 1. The molecule has 0 bridgehead atoms. The van der Waals surface area contributed by atoms with Crippen LogP contribution in [0, 0.1) is 5.92 Å². The molecule has 0 aromatic rings. The van der Waals surface area contributed by atoms with E-state index in [-0.39, 0.29) is 23.9 Å². The van der Waals surface area contributed by atoms with Crippen molar-refractivity contribution in [2.45, 2.75) is 64.3 Å². The van der Waals surface area contributed by atoms with Gasteiger partial charge >= 0.3 is 5.97 Å². The SMILES string of the molecule is C/C=C\[C@@H]1C[C@H](C(=O)O)N[C@H]1[C@H](C[C@H](O)CC)NC(C)=O. The molecule has 1 heterocycles. The second kappa shape index (κ2) is 8.14. The lowest BCUT2D eigenvalue weighted by Crippen LogP contribution is -2.52. The lowest BCUT2D eigenvalue weighted by Gasteiger charge is -2.29. The predicted octanol–water partition coefficient (Wildman–Crippen LogP) is 0.659. The third-order valence-corrected chi connectivity index (χ3v) is 3.92. The molecule has 6 nitrogen and oxygen atoms in total. The van der Waals surface area contributed by atoms with E-state index in [0.29, 0.717) is 19.3 Å². The van der Waals surface area contributed by atoms with Crippen molar-refractivity contribution in [3.05, 3.63) is 12.2 Å². The Kier molecular flexibility index (Phi) is 6.84. The van der Waals surface area contributed by atoms with Crippen LogP contribution in [-0.2, 0) is 9.59 Å². The van der Waals surface area contributed by atoms with Crippen LogP contribution in [0.5, 0.6) is 0 Å². The van der Waals surface area contributed by atoms with Crippen molar-refractivity contribution in [1.82, 2.24) is 10.6 Å². The molecular formula is C15H26N2O4. The third-order valence-electron chi connectivity index (χ3n) is 3.92. The molecule has 4 N–H and O–H groups in total. The molecular weight excluding hydrogens is 272 g/mol. The maximum absolute atomic E-state index is 11.4. The van der Waals surface area contributed by atoms with Crippen LogP contribution in [0.3, 0.4) is 0 Å². The van der Waals surface area contributed by atoms with Crippen molar-refractivity contribution in [2.24, 2.45) is 5.92 Å². The van der Waals surface area contributed by atoms with Gasteiger partial charge in [0.05, 0.1) is 6.10 Å². The molecule has 0 aliphatic carbocycles. The van der Waals surface area contributed by atoms with E-state index >= 15 is 0 Å². The first-order valence-electron chi connectivity index (χ1n) is 7.45. The monoisotopic (exact) mass is 298 g/mol. The average molecular weight is 298 g/mol. The maximum atomic E-state index is 11.4. The Bertz CT molecular complexity index is 397. The fourth-order valence-corrected chi connectivity index (χ4v) is 2.89. The van der Waals surface area contributed by atoms with E-state index in [0.717, 1.165) is 0 Å². The van der Waals surface area contributed by atoms with Gasteiger partial charge in [-0.25, -0.2) is 0 Å². The number of aliphatic hydroxyl groups excluding tert-OH is 1. The fraction of sp³-hybridized carbons (Fsp3) is 0.733. The highest BCUT2D eigenvalue weighted by molar-refractivity contribution is 5.75. The second-order valence-corrected chi connectivity index (χ2v) is 5.61. The summed E-state index contributed by atoms with van der Waals surface area (Å²) in [7, 11) is 0. The fourth-order valence-electron chi connectivity index (χ4n) is 2.89. The van der Waals surface area contributed by atoms with Crippen LogP contribution in [-0.4, -0.2) is 46.3 Å². The minimum absolute atomic E-state index is 0.0250. The molecule has 1 saturated heterocycles. The first kappa shape index (κ1) is 17.7. The standard InChI is InChI=1S/C15H26N2O4/c1-4-6-10-7-13(15(20)21)17-14(10)12(16-9(3)18)8-11(19)5-2/h4,6,10-14,17,19H,5,7-8H2,1-3H3,(H,16,18)(H,20,21)/b6-4-/t10-,11-,12+,13-,14-/m1/s1. The van der Waals surface area contributed by atoms with E-state index in [1.165, 1.54) is 6.92 Å². The van der Waals surface area contributed by atoms with Crippen LogP contribution in [0.2, 0.25) is 0 Å². The quantitative estimate of drug-likeness (QED) is 0.518. The topological polar surface area (TPSA) is 98.7 Å². The number of carbonyl (C=O) groups excluding carboxylic acids is 1. The molecule has 0 aromatic heterocycles. The van der Waals surface area contributed by atoms with E-state index < -0.39 is 18.1 Å². The predicted molar refractivity (Wildman–Crippen MR) is 79.8 cm³/mol. The van der Waals surface area contributed by atoms with Crippen LogP contribution >= 0.6 is 0 Å². The van der Waals surface area contributed by atoms with Gasteiger partial charge in [-0.05, 0) is 32.1 Å². The molecule has 1 aliphatic rings. The van der Waals surface area contributed by atoms with E-state index in [9.17, 15) is 19.8 Å². The minimum atomic E-state index is -0.885. The zero-order valence-corrected chi connectivity index (χ0v) is 12.9. The molecule has 120 valence electrons. The van der Waals surface area contributed by atoms with Gasteiger partial charge in [0.2, 0.25) is 5.91 Å². The first-order chi connectivity index (χ1) is 9.88. The summed E-state index contributed by atoms with van der Waals surface area (Å²) >= 11 is 0. The largest absolute Gasteiger partial charge is 0.480 e. The minimum Gasteiger partial charge on any atom is -0.480 e. The Morgan fingerprint density at radius 3 is 2.62 bits per heavy atom. The number of amides is 1. The number of rotatable bonds is 7. The molecule has 1 rings (SSSR count). The van der Waals surface area contributed by atoms with Gasteiger partial charge < -0.3 is 15.5 Å². The number of aliphatic hydroxyl groups is 1. The van der Waals surface area contributed by atoms with Crippen molar-refractivity contribution < 1.29 is 19.8 Å². The van der Waals surface area contributed by atoms with Crippen LogP contribution in [0.1, 0.15) is 40.0 Å². The van der Waals surface area contributed by atoms with Crippen molar-refractivity contribution in [3.63, 3.8) is 0 Å². The van der Waals surface area contributed by atoms with Gasteiger partial charge in [-0.1, -0.05) is 19.1 Å². The third kappa shape index (κ3) is 5.13. The van der Waals surface area contributed by atoms with Crippen molar-refractivity contribution in [2.75, 3.05) is 0 Å². The van der Waals surface area contributed by atoms with Gasteiger partial charge in [0.15, 0.2) is 0 Å². The Balaban J connectivity index is 2.90. The molecule has 0 unspecified atom stereocenters. The van der Waals surface area contributed by atoms with Crippen LogP contribution < -0.4 is 10.6 Å². The van der Waals surface area contributed by atoms with Gasteiger partial charge in [0, 0.05) is 19.0 Å². The number of allylic oxidation sites excluding steroid dienone is 1. The Hall–Kier alpha value is -1.40. The number of hydrogen-bond acceptors (Lipinski definition) is 4. The highest BCUT2D eigenvalue weighted by Gasteiger charge is 2.40. The molecule has 1 amide bonds. The van der Waals surface area contributed by atoms with E-state index in [1.807, 2.05) is 26.0 Å². The first-order valence-corrected chi connectivity index (χ1v) is 7.45. The normalized spacial score (nSPS) is 28.5. The van der Waals surface area contributed by atoms with Gasteiger partial charge in [0.25, 0.3) is 0 Å². The van der Waals surface area contributed by atoms with Crippen LogP contribution in [0.25, 0.3) is 0 Å². The van der Waals surface area contributed by atoms with Gasteiger partial charge in [-0.2, -0.15) is 0 Å². The summed E-state index contributed by atoms with van der Waals surface area (Å²) in [5, 5.41) is 25.0. The summed E-state index contributed by atoms with van der Waals surface area (Å²) in [5.41, 5.74) is 0. The molecule has 0 saturated carbocycles. The highest BCUT2D eigenvalue weighted by Crippen LogP contribution is 2.26. The molecule has 0 aromatic carbocycles. The van der Waals surface area contributed by atoms with E-state index in [2.05, 4.69) is 10.6 Å². The Morgan fingerprint density at radius 2 is 2.14 bits per heavy atom. The smallest absolute Gasteiger partial charge is 0.320 e. The molecule has 0 spiro atoms. The summed E-state index contributed by atoms with van der Waals surface area (Å²) in [6.45, 7) is 5.19. The lowest BCUT2D eigenvalue weighted by atomic mass is 9.89. The van der Waals surface area contributed by atoms with E-state index in [1.54, 1.807) is 0 Å². The average Bonchev–Trinajstić information content (AvgIpc) is 2.82. The van der Waals surface area contributed by atoms with Crippen molar-refractivity contribution in [1.29, 1.82) is 0 Å². The van der Waals surface area contributed by atoms with Gasteiger partial charge in [-0.3, -0.25) is 14.9 Å². The molecule has 1 aliphatic heterocycles. The molecule has 0 radical (unpaired) electrons. The Labute approximate surface area is 125 Å². The lowest BCUT2D eigenvalue weighted by molar-refractivity contribution is -0.139. The summed E-state index contributed by atoms with van der Waals surface area (Å²) in [6.07, 6.45) is 4.84. The highest BCUT2D eigenvalue weighted by atomic mass is 16.4. The number of hydrogen-bond donors (Lipinski definition) is 4. The van der Waals surface area contributed by atoms with E-state index in [4.69, 9.17) is 0 Å². The number of aliphatic carboxylic acids is 1. The Morgan fingerprint density at radius 1 is 1.48 bits per heavy atom. The summed E-state index contributed by atoms with van der Waals surface area (Å²) in [5.74, 6) is -1.04. The molecule has 1 fully saturated rings. The van der Waals surface area contributed by atoms with Crippen LogP contribution in [0.4, 0.5) is 0 Å². The van der Waals surface area contributed by atoms with Crippen molar-refractivity contribution in [3.8, 4) is 0 Å². The van der Waals surface area contributed by atoms with Crippen molar-refractivity contribution >= 4 is 11.9 Å². The number of nitrogens with one attached hydrogen (secondary N) is 2. The van der Waals surface area contributed by atoms with Gasteiger partial charge in [-0.15, -0.1) is 0 Å². The summed E-state index contributed by atoms with van der Waals surface area (Å²) in [6, 6.07) is -1.10. The zero-order valence-electron chi connectivity index (χ0n) is 12.9. The molecule has 21 heavy (non-hydrogen) atoms. The molecule has 5 atom stereocenters. The number of carboxylic acids is 1. The van der Waals surface area contributed by atoms with Gasteiger partial charge in [0.1, 0.15) is 6.04 Å². The summed E-state index contributed by atoms with van der Waals surface area (Å²) < 4.78 is 0. The summed E-state index contributed by atoms with van der Waals surface area (Å²) in [4.78, 5) is 22.6. The second-order valence-electron chi connectivity index (χ2n) is 5.61. The molecule has 6 heteroatoms. The maximum Gasteiger partial charge on any atom is 0.320 e. The van der Waals surface area contributed by atoms with Crippen LogP contribution in [0.15, 0.2) is 12.2 Å².